The van der Waals surface area contributed by atoms with Gasteiger partial charge in [-0.15, -0.1) is 0 Å². The maximum absolute atomic E-state index is 15.2. The van der Waals surface area contributed by atoms with Crippen LogP contribution in [0.5, 0.6) is 11.5 Å². The van der Waals surface area contributed by atoms with E-state index in [9.17, 15) is 14.7 Å². The summed E-state index contributed by atoms with van der Waals surface area (Å²) < 4.78 is 26.6. The van der Waals surface area contributed by atoms with Crippen molar-refractivity contribution in [2.45, 2.75) is 37.8 Å². The SMILES string of the molecule is COc1ccc(CN2C(=O)CCc3c(OCC4(NC(=O)O)CCN(c5ncc(Cl)cc5Cl)CC4)ccc(F)c32)cc1. The molecular formula is C29H29Cl2FN4O5. The fourth-order valence-corrected chi connectivity index (χ4v) is 5.86. The predicted molar refractivity (Wildman–Crippen MR) is 154 cm³/mol. The number of halogens is 3. The summed E-state index contributed by atoms with van der Waals surface area (Å²) in [5, 5.41) is 13.1. The minimum absolute atomic E-state index is 0.0272. The Morgan fingerprint density at radius 3 is 2.54 bits per heavy atom. The molecule has 12 heteroatoms. The fourth-order valence-electron chi connectivity index (χ4n) is 5.36. The first-order valence-corrected chi connectivity index (χ1v) is 13.9. The van der Waals surface area contributed by atoms with Gasteiger partial charge in [-0.25, -0.2) is 14.2 Å². The number of benzene rings is 2. The van der Waals surface area contributed by atoms with Crippen LogP contribution < -0.4 is 24.6 Å². The second kappa shape index (κ2) is 12.0. The van der Waals surface area contributed by atoms with Crippen molar-refractivity contribution in [3.63, 3.8) is 0 Å². The summed E-state index contributed by atoms with van der Waals surface area (Å²) in [7, 11) is 1.57. The summed E-state index contributed by atoms with van der Waals surface area (Å²) in [5.41, 5.74) is 0.700. The average Bonchev–Trinajstić information content (AvgIpc) is 2.95. The molecule has 41 heavy (non-hydrogen) atoms. The van der Waals surface area contributed by atoms with Gasteiger partial charge in [0, 0.05) is 31.3 Å². The van der Waals surface area contributed by atoms with Gasteiger partial charge in [-0.1, -0.05) is 35.3 Å². The molecule has 0 unspecified atom stereocenters. The molecule has 2 aliphatic rings. The molecule has 216 valence electrons. The van der Waals surface area contributed by atoms with Crippen LogP contribution in [0.25, 0.3) is 0 Å². The molecule has 3 heterocycles. The van der Waals surface area contributed by atoms with Gasteiger partial charge in [0.25, 0.3) is 0 Å². The quantitative estimate of drug-likeness (QED) is 0.341. The maximum atomic E-state index is 15.2. The number of aromatic nitrogens is 1. The van der Waals surface area contributed by atoms with Crippen molar-refractivity contribution < 1.29 is 28.6 Å². The van der Waals surface area contributed by atoms with E-state index in [1.807, 2.05) is 17.0 Å². The molecule has 0 radical (unpaired) electrons. The third kappa shape index (κ3) is 6.28. The zero-order chi connectivity index (χ0) is 29.1. The van der Waals surface area contributed by atoms with Crippen LogP contribution in [0.15, 0.2) is 48.7 Å². The Hall–Kier alpha value is -3.76. The lowest BCUT2D eigenvalue weighted by molar-refractivity contribution is -0.119. The number of carboxylic acid groups (broad SMARTS) is 1. The van der Waals surface area contributed by atoms with Crippen molar-refractivity contribution >= 4 is 46.7 Å². The van der Waals surface area contributed by atoms with E-state index in [2.05, 4.69) is 10.3 Å². The highest BCUT2D eigenvalue weighted by Crippen LogP contribution is 2.39. The van der Waals surface area contributed by atoms with E-state index in [1.54, 1.807) is 25.3 Å². The van der Waals surface area contributed by atoms with Crippen LogP contribution >= 0.6 is 23.2 Å². The number of hydrogen-bond acceptors (Lipinski definition) is 6. The maximum Gasteiger partial charge on any atom is 0.405 e. The van der Waals surface area contributed by atoms with E-state index in [0.29, 0.717) is 65.3 Å². The number of piperidine rings is 1. The lowest BCUT2D eigenvalue weighted by atomic mass is 9.88. The zero-order valence-electron chi connectivity index (χ0n) is 22.3. The minimum Gasteiger partial charge on any atom is -0.497 e. The lowest BCUT2D eigenvalue weighted by Crippen LogP contribution is -2.58. The first-order chi connectivity index (χ1) is 19.7. The van der Waals surface area contributed by atoms with Crippen LogP contribution in [-0.2, 0) is 17.8 Å². The third-order valence-electron chi connectivity index (χ3n) is 7.53. The second-order valence-corrected chi connectivity index (χ2v) is 11.0. The number of nitrogens with one attached hydrogen (secondary N) is 1. The van der Waals surface area contributed by atoms with Crippen molar-refractivity contribution in [1.82, 2.24) is 10.3 Å². The molecule has 2 aromatic carbocycles. The number of methoxy groups -OCH3 is 1. The summed E-state index contributed by atoms with van der Waals surface area (Å²) in [6.45, 7) is 1.17. The number of anilines is 2. The van der Waals surface area contributed by atoms with Crippen LogP contribution in [0, 0.1) is 5.82 Å². The molecule has 2 amide bonds. The normalized spacial score (nSPS) is 16.2. The van der Waals surface area contributed by atoms with E-state index in [0.717, 1.165) is 5.56 Å². The van der Waals surface area contributed by atoms with Gasteiger partial charge in [0.1, 0.15) is 29.7 Å². The van der Waals surface area contributed by atoms with Crippen molar-refractivity contribution in [3.05, 3.63) is 75.7 Å². The smallest absolute Gasteiger partial charge is 0.405 e. The molecule has 5 rings (SSSR count). The van der Waals surface area contributed by atoms with Crippen LogP contribution in [0.3, 0.4) is 0 Å². The highest BCUT2D eigenvalue weighted by molar-refractivity contribution is 6.36. The Kier molecular flexibility index (Phi) is 8.42. The number of carbonyl (C=O) groups excluding carboxylic acids is 1. The van der Waals surface area contributed by atoms with E-state index >= 15 is 4.39 Å². The molecule has 1 saturated heterocycles. The Labute approximate surface area is 246 Å². The number of ether oxygens (including phenoxy) is 2. The molecule has 0 spiro atoms. The summed E-state index contributed by atoms with van der Waals surface area (Å²) in [5.74, 6) is 0.978. The summed E-state index contributed by atoms with van der Waals surface area (Å²) in [6, 6.07) is 11.7. The molecule has 2 N–H and O–H groups in total. The van der Waals surface area contributed by atoms with Crippen molar-refractivity contribution in [3.8, 4) is 11.5 Å². The molecular weight excluding hydrogens is 574 g/mol. The summed E-state index contributed by atoms with van der Waals surface area (Å²) in [6.07, 6.45) is 1.71. The number of carbonyl (C=O) groups is 2. The predicted octanol–water partition coefficient (Wildman–Crippen LogP) is 5.70. The van der Waals surface area contributed by atoms with E-state index in [-0.39, 0.29) is 31.2 Å². The van der Waals surface area contributed by atoms with Gasteiger partial charge in [0.05, 0.1) is 34.9 Å². The van der Waals surface area contributed by atoms with Gasteiger partial charge in [0.2, 0.25) is 5.91 Å². The van der Waals surface area contributed by atoms with Gasteiger partial charge < -0.3 is 29.7 Å². The zero-order valence-corrected chi connectivity index (χ0v) is 23.8. The fraction of sp³-hybridized carbons (Fsp3) is 0.345. The Balaban J connectivity index is 1.35. The number of amides is 2. The highest BCUT2D eigenvalue weighted by atomic mass is 35.5. The van der Waals surface area contributed by atoms with Crippen molar-refractivity contribution in [1.29, 1.82) is 0 Å². The molecule has 0 bridgehead atoms. The average molecular weight is 603 g/mol. The molecule has 9 nitrogen and oxygen atoms in total. The summed E-state index contributed by atoms with van der Waals surface area (Å²) in [4.78, 5) is 32.4. The lowest BCUT2D eigenvalue weighted by Gasteiger charge is -2.42. The first kappa shape index (κ1) is 28.8. The van der Waals surface area contributed by atoms with Gasteiger partial charge in [-0.05, 0) is 55.2 Å². The largest absolute Gasteiger partial charge is 0.497 e. The van der Waals surface area contributed by atoms with Gasteiger partial charge in [0.15, 0.2) is 0 Å². The standard InChI is InChI=1S/C29H29Cl2FN4O5/c1-40-20-4-2-18(3-5-20)16-36-25(37)9-6-21-24(8-7-23(32)26(21)36)41-17-29(34-28(38)39)10-12-35(13-11-29)27-22(31)14-19(30)15-33-27/h2-5,7-8,14-15,34H,6,9-13,16-17H2,1H3,(H,38,39). The molecule has 1 aromatic heterocycles. The number of fused-ring (bicyclic) bond motifs is 1. The van der Waals surface area contributed by atoms with Crippen LogP contribution in [-0.4, -0.2) is 54.4 Å². The molecule has 0 atom stereocenters. The van der Waals surface area contributed by atoms with E-state index in [1.165, 1.54) is 23.2 Å². The number of hydrogen-bond donors (Lipinski definition) is 2. The summed E-state index contributed by atoms with van der Waals surface area (Å²) >= 11 is 12.3. The molecule has 1 fully saturated rings. The van der Waals surface area contributed by atoms with Crippen LogP contribution in [0.4, 0.5) is 20.7 Å². The Bertz CT molecular complexity index is 1450. The van der Waals surface area contributed by atoms with Gasteiger partial charge in [-0.2, -0.15) is 0 Å². The Morgan fingerprint density at radius 2 is 1.88 bits per heavy atom. The van der Waals surface area contributed by atoms with E-state index < -0.39 is 17.4 Å². The molecule has 3 aromatic rings. The van der Waals surface area contributed by atoms with Crippen LogP contribution in [0.2, 0.25) is 10.0 Å². The minimum atomic E-state index is -1.16. The van der Waals surface area contributed by atoms with Crippen molar-refractivity contribution in [2.75, 3.05) is 36.6 Å². The van der Waals surface area contributed by atoms with Crippen LogP contribution in [0.1, 0.15) is 30.4 Å². The second-order valence-electron chi connectivity index (χ2n) is 10.1. The number of pyridine rings is 1. The molecule has 0 saturated carbocycles. The third-order valence-corrected chi connectivity index (χ3v) is 8.02. The van der Waals surface area contributed by atoms with Crippen molar-refractivity contribution in [2.24, 2.45) is 0 Å². The Morgan fingerprint density at radius 1 is 1.15 bits per heavy atom. The molecule has 0 aliphatic carbocycles. The van der Waals surface area contributed by atoms with E-state index in [4.69, 9.17) is 32.7 Å². The topological polar surface area (TPSA) is 104 Å². The first-order valence-electron chi connectivity index (χ1n) is 13.1. The molecule has 2 aliphatic heterocycles. The number of nitrogens with zero attached hydrogens (tertiary/aromatic N) is 3. The number of rotatable bonds is 8. The van der Waals surface area contributed by atoms with Gasteiger partial charge in [-0.3, -0.25) is 4.79 Å². The monoisotopic (exact) mass is 602 g/mol. The van der Waals surface area contributed by atoms with Gasteiger partial charge >= 0.3 is 6.09 Å². The highest BCUT2D eigenvalue weighted by Gasteiger charge is 2.39.